The number of carbonyl (C=O) groups excluding carboxylic acids is 1. The van der Waals surface area contributed by atoms with E-state index < -0.39 is 6.09 Å². The first kappa shape index (κ1) is 21.2. The minimum absolute atomic E-state index is 0.205. The van der Waals surface area contributed by atoms with Gasteiger partial charge in [0.1, 0.15) is 5.75 Å². The Bertz CT molecular complexity index is 1590. The average molecular weight is 455 g/mol. The van der Waals surface area contributed by atoms with E-state index >= 15 is 0 Å². The van der Waals surface area contributed by atoms with Crippen LogP contribution in [-0.2, 0) is 11.2 Å². The molecule has 0 radical (unpaired) electrons. The van der Waals surface area contributed by atoms with Gasteiger partial charge in [0.2, 0.25) is 5.95 Å². The molecule has 0 spiro atoms. The Balaban J connectivity index is 1.53. The molecule has 0 aliphatic rings. The first-order valence-electron chi connectivity index (χ1n) is 10.5. The van der Waals surface area contributed by atoms with E-state index in [2.05, 4.69) is 30.2 Å². The SMILES string of the molecule is COC(=O)Nc1nc2cc(-c3cc(Cc4n[nH]c(=O)c5ccccc45)ccc3OC)ccc2[nH]1. The number of aromatic amines is 2. The monoisotopic (exact) mass is 455 g/mol. The quantitative estimate of drug-likeness (QED) is 0.364. The highest BCUT2D eigenvalue weighted by atomic mass is 16.5. The Hall–Kier alpha value is -4.66. The normalized spacial score (nSPS) is 11.0. The van der Waals surface area contributed by atoms with Crippen LogP contribution in [0.4, 0.5) is 10.7 Å². The summed E-state index contributed by atoms with van der Waals surface area (Å²) >= 11 is 0. The molecule has 5 aromatic rings. The Morgan fingerprint density at radius 1 is 1.03 bits per heavy atom. The van der Waals surface area contributed by atoms with Gasteiger partial charge in [0.15, 0.2) is 0 Å². The molecular weight excluding hydrogens is 434 g/mol. The zero-order valence-corrected chi connectivity index (χ0v) is 18.5. The van der Waals surface area contributed by atoms with Crippen molar-refractivity contribution in [2.45, 2.75) is 6.42 Å². The van der Waals surface area contributed by atoms with E-state index in [0.29, 0.717) is 29.0 Å². The molecule has 2 aromatic heterocycles. The van der Waals surface area contributed by atoms with Crippen molar-refractivity contribution in [2.75, 3.05) is 19.5 Å². The number of imidazole rings is 1. The molecule has 170 valence electrons. The van der Waals surface area contributed by atoms with Crippen LogP contribution < -0.4 is 15.6 Å². The maximum atomic E-state index is 12.1. The van der Waals surface area contributed by atoms with Gasteiger partial charge in [-0.15, -0.1) is 0 Å². The van der Waals surface area contributed by atoms with E-state index in [4.69, 9.17) is 4.74 Å². The number of amides is 1. The molecule has 0 atom stereocenters. The lowest BCUT2D eigenvalue weighted by molar-refractivity contribution is 0.186. The van der Waals surface area contributed by atoms with Crippen molar-refractivity contribution >= 4 is 33.8 Å². The number of fused-ring (bicyclic) bond motifs is 2. The van der Waals surface area contributed by atoms with Crippen LogP contribution in [0.1, 0.15) is 11.3 Å². The maximum Gasteiger partial charge on any atom is 0.413 e. The van der Waals surface area contributed by atoms with Gasteiger partial charge in [0.05, 0.1) is 36.3 Å². The van der Waals surface area contributed by atoms with Gasteiger partial charge in [-0.05, 0) is 41.5 Å². The van der Waals surface area contributed by atoms with Gasteiger partial charge in [0, 0.05) is 17.4 Å². The number of nitrogens with one attached hydrogen (secondary N) is 3. The molecule has 5 rings (SSSR count). The summed E-state index contributed by atoms with van der Waals surface area (Å²) < 4.78 is 10.2. The molecule has 0 saturated heterocycles. The zero-order valence-electron chi connectivity index (χ0n) is 18.5. The number of anilines is 1. The highest BCUT2D eigenvalue weighted by Crippen LogP contribution is 2.33. The van der Waals surface area contributed by atoms with Crippen LogP contribution in [0.25, 0.3) is 32.9 Å². The molecule has 0 unspecified atom stereocenters. The second-order valence-electron chi connectivity index (χ2n) is 7.69. The lowest BCUT2D eigenvalue weighted by atomic mass is 9.98. The lowest BCUT2D eigenvalue weighted by Crippen LogP contribution is -2.11. The highest BCUT2D eigenvalue weighted by molar-refractivity contribution is 5.89. The minimum atomic E-state index is -0.600. The number of methoxy groups -OCH3 is 2. The summed E-state index contributed by atoms with van der Waals surface area (Å²) in [4.78, 5) is 31.1. The fourth-order valence-electron chi connectivity index (χ4n) is 3.97. The predicted molar refractivity (Wildman–Crippen MR) is 129 cm³/mol. The first-order valence-corrected chi connectivity index (χ1v) is 10.5. The Kier molecular flexibility index (Phi) is 5.43. The van der Waals surface area contributed by atoms with Gasteiger partial charge in [0.25, 0.3) is 5.56 Å². The number of carbonyl (C=O) groups is 1. The van der Waals surface area contributed by atoms with Crippen LogP contribution >= 0.6 is 0 Å². The van der Waals surface area contributed by atoms with Crippen molar-refractivity contribution in [3.05, 3.63) is 82.3 Å². The van der Waals surface area contributed by atoms with Crippen LogP contribution in [-0.4, -0.2) is 40.5 Å². The molecule has 0 bridgehead atoms. The minimum Gasteiger partial charge on any atom is -0.496 e. The van der Waals surface area contributed by atoms with Crippen LogP contribution in [0.15, 0.2) is 65.5 Å². The number of aromatic nitrogens is 4. The van der Waals surface area contributed by atoms with Crippen LogP contribution in [0.5, 0.6) is 5.75 Å². The lowest BCUT2D eigenvalue weighted by Gasteiger charge is -2.12. The van der Waals surface area contributed by atoms with E-state index in [-0.39, 0.29) is 5.56 Å². The van der Waals surface area contributed by atoms with Gasteiger partial charge in [-0.1, -0.05) is 30.3 Å². The van der Waals surface area contributed by atoms with E-state index in [1.54, 1.807) is 13.2 Å². The van der Waals surface area contributed by atoms with Crippen molar-refractivity contribution in [3.63, 3.8) is 0 Å². The van der Waals surface area contributed by atoms with E-state index in [9.17, 15) is 9.59 Å². The molecule has 2 heterocycles. The number of ether oxygens (including phenoxy) is 2. The number of benzene rings is 3. The summed E-state index contributed by atoms with van der Waals surface area (Å²) in [5, 5.41) is 10.9. The third-order valence-corrected chi connectivity index (χ3v) is 5.61. The van der Waals surface area contributed by atoms with E-state index in [0.717, 1.165) is 33.3 Å². The maximum absolute atomic E-state index is 12.1. The van der Waals surface area contributed by atoms with Crippen molar-refractivity contribution < 1.29 is 14.3 Å². The summed E-state index contributed by atoms with van der Waals surface area (Å²) in [6.07, 6.45) is -0.0661. The van der Waals surface area contributed by atoms with Crippen molar-refractivity contribution in [3.8, 4) is 16.9 Å². The predicted octanol–water partition coefficient (Wildman–Crippen LogP) is 4.24. The summed E-state index contributed by atoms with van der Waals surface area (Å²) in [6.45, 7) is 0. The second kappa shape index (κ2) is 8.70. The van der Waals surface area contributed by atoms with Gasteiger partial charge >= 0.3 is 6.09 Å². The van der Waals surface area contributed by atoms with Crippen LogP contribution in [0.2, 0.25) is 0 Å². The van der Waals surface area contributed by atoms with Gasteiger partial charge < -0.3 is 14.5 Å². The number of hydrogen-bond acceptors (Lipinski definition) is 6. The van der Waals surface area contributed by atoms with Crippen molar-refractivity contribution in [1.29, 1.82) is 0 Å². The molecule has 9 nitrogen and oxygen atoms in total. The fraction of sp³-hybridized carbons (Fsp3) is 0.120. The molecule has 0 saturated carbocycles. The largest absolute Gasteiger partial charge is 0.496 e. The summed E-state index contributed by atoms with van der Waals surface area (Å²) in [5.41, 5.74) is 4.84. The van der Waals surface area contributed by atoms with Crippen LogP contribution in [0.3, 0.4) is 0 Å². The first-order chi connectivity index (χ1) is 16.6. The number of nitrogens with zero attached hydrogens (tertiary/aromatic N) is 2. The van der Waals surface area contributed by atoms with Crippen molar-refractivity contribution in [1.82, 2.24) is 20.2 Å². The van der Waals surface area contributed by atoms with Gasteiger partial charge in [-0.25, -0.2) is 14.9 Å². The molecule has 0 aliphatic carbocycles. The number of H-pyrrole nitrogens is 2. The smallest absolute Gasteiger partial charge is 0.413 e. The van der Waals surface area contributed by atoms with Gasteiger partial charge in [-0.3, -0.25) is 10.1 Å². The molecule has 34 heavy (non-hydrogen) atoms. The average Bonchev–Trinajstić information content (AvgIpc) is 3.27. The molecule has 3 aromatic carbocycles. The van der Waals surface area contributed by atoms with Gasteiger partial charge in [-0.2, -0.15) is 5.10 Å². The Labute approximate surface area is 193 Å². The summed E-state index contributed by atoms with van der Waals surface area (Å²) in [5.74, 6) is 1.02. The molecule has 1 amide bonds. The topological polar surface area (TPSA) is 122 Å². The molecule has 0 fully saturated rings. The molecular formula is C25H21N5O4. The van der Waals surface area contributed by atoms with E-state index in [1.165, 1.54) is 7.11 Å². The third kappa shape index (κ3) is 3.95. The van der Waals surface area contributed by atoms with Crippen molar-refractivity contribution in [2.24, 2.45) is 0 Å². The fourth-order valence-corrected chi connectivity index (χ4v) is 3.97. The summed E-state index contributed by atoms with van der Waals surface area (Å²) in [6, 6.07) is 19.1. The number of rotatable bonds is 5. The molecule has 0 aliphatic heterocycles. The molecule has 3 N–H and O–H groups in total. The standard InChI is InChI=1S/C25H21N5O4/c1-33-22-10-7-14(12-20-16-5-3-4-6-17(16)23(31)30-29-20)11-18(22)15-8-9-19-21(13-15)27-24(26-19)28-25(32)34-2/h3-11,13H,12H2,1-2H3,(H,30,31)(H2,26,27,28,32). The van der Waals surface area contributed by atoms with Crippen LogP contribution in [0, 0.1) is 0 Å². The van der Waals surface area contributed by atoms with E-state index in [1.807, 2.05) is 54.6 Å². The third-order valence-electron chi connectivity index (χ3n) is 5.61. The second-order valence-corrected chi connectivity index (χ2v) is 7.69. The molecule has 9 heteroatoms. The number of hydrogen-bond donors (Lipinski definition) is 3. The highest BCUT2D eigenvalue weighted by Gasteiger charge is 2.13. The Morgan fingerprint density at radius 2 is 1.85 bits per heavy atom. The summed E-state index contributed by atoms with van der Waals surface area (Å²) in [7, 11) is 2.92. The zero-order chi connectivity index (χ0) is 23.7. The Morgan fingerprint density at radius 3 is 2.65 bits per heavy atom.